The van der Waals surface area contributed by atoms with Gasteiger partial charge in [0.05, 0.1) is 0 Å². The zero-order chi connectivity index (χ0) is 9.97. The van der Waals surface area contributed by atoms with Gasteiger partial charge in [-0.25, -0.2) is 0 Å². The summed E-state index contributed by atoms with van der Waals surface area (Å²) in [5.74, 6) is 0. The van der Waals surface area contributed by atoms with Gasteiger partial charge in [-0.1, -0.05) is 41.9 Å². The van der Waals surface area contributed by atoms with Gasteiger partial charge in [0.2, 0.25) is 0 Å². The van der Waals surface area contributed by atoms with E-state index in [0.717, 1.165) is 10.6 Å². The van der Waals surface area contributed by atoms with Gasteiger partial charge in [-0.15, -0.1) is 0 Å². The smallest absolute Gasteiger partial charge is 0.0406 e. The Hall–Kier alpha value is -1.27. The topological polar surface area (TPSA) is 0 Å². The van der Waals surface area contributed by atoms with Crippen LogP contribution in [0.15, 0.2) is 42.5 Å². The maximum atomic E-state index is 5.82. The molecule has 0 bridgehead atoms. The Kier molecular flexibility index (Phi) is 2.55. The second-order valence-electron chi connectivity index (χ2n) is 3.27. The third-order valence-electron chi connectivity index (χ3n) is 2.12. The van der Waals surface area contributed by atoms with Crippen LogP contribution in [-0.2, 0) is 0 Å². The minimum Gasteiger partial charge on any atom is -0.0843 e. The Morgan fingerprint density at radius 2 is 1.71 bits per heavy atom. The number of rotatable bonds is 1. The zero-order valence-corrected chi connectivity index (χ0v) is 8.68. The van der Waals surface area contributed by atoms with Crippen molar-refractivity contribution in [2.45, 2.75) is 6.92 Å². The fourth-order valence-electron chi connectivity index (χ4n) is 1.41. The van der Waals surface area contributed by atoms with Crippen LogP contribution in [0.2, 0.25) is 5.02 Å². The molecule has 0 amide bonds. The summed E-state index contributed by atoms with van der Waals surface area (Å²) in [6.45, 7) is 2.04. The largest absolute Gasteiger partial charge is 0.0843 e. The summed E-state index contributed by atoms with van der Waals surface area (Å²) < 4.78 is 0. The predicted molar refractivity (Wildman–Crippen MR) is 60.5 cm³/mol. The molecule has 0 saturated heterocycles. The molecular weight excluding hydrogens is 192 g/mol. The highest BCUT2D eigenvalue weighted by molar-refractivity contribution is 6.30. The first kappa shape index (κ1) is 9.29. The van der Waals surface area contributed by atoms with Gasteiger partial charge in [0, 0.05) is 5.02 Å². The molecule has 1 heteroatoms. The molecule has 69 valence electrons. The lowest BCUT2D eigenvalue weighted by Gasteiger charge is -2.02. The lowest BCUT2D eigenvalue weighted by Crippen LogP contribution is -1.78. The van der Waals surface area contributed by atoms with E-state index in [9.17, 15) is 0 Å². The van der Waals surface area contributed by atoms with Crippen molar-refractivity contribution in [3.63, 3.8) is 0 Å². The van der Waals surface area contributed by atoms with E-state index >= 15 is 0 Å². The molecule has 0 saturated carbocycles. The first-order valence-electron chi connectivity index (χ1n) is 4.50. The molecule has 0 aliphatic heterocycles. The highest BCUT2D eigenvalue weighted by atomic mass is 35.5. The molecule has 0 aliphatic rings. The molecule has 1 radical (unpaired) electrons. The molecule has 0 spiro atoms. The first-order valence-corrected chi connectivity index (χ1v) is 4.88. The summed E-state index contributed by atoms with van der Waals surface area (Å²) in [6, 6.07) is 17.1. The van der Waals surface area contributed by atoms with Gasteiger partial charge in [-0.05, 0) is 41.8 Å². The van der Waals surface area contributed by atoms with Crippen LogP contribution in [-0.4, -0.2) is 0 Å². The average molecular weight is 202 g/mol. The Morgan fingerprint density at radius 1 is 1.00 bits per heavy atom. The van der Waals surface area contributed by atoms with E-state index in [-0.39, 0.29) is 0 Å². The molecule has 0 unspecified atom stereocenters. The highest BCUT2D eigenvalue weighted by Gasteiger charge is 1.96. The number of halogens is 1. The van der Waals surface area contributed by atoms with E-state index in [2.05, 4.69) is 18.2 Å². The minimum atomic E-state index is 0.771. The van der Waals surface area contributed by atoms with Gasteiger partial charge in [0.15, 0.2) is 0 Å². The van der Waals surface area contributed by atoms with Crippen molar-refractivity contribution in [3.8, 4) is 11.1 Å². The van der Waals surface area contributed by atoms with Gasteiger partial charge in [0.25, 0.3) is 0 Å². The van der Waals surface area contributed by atoms with Gasteiger partial charge in [-0.3, -0.25) is 0 Å². The monoisotopic (exact) mass is 201 g/mol. The van der Waals surface area contributed by atoms with Crippen LogP contribution in [0.4, 0.5) is 0 Å². The molecule has 0 aliphatic carbocycles. The first-order chi connectivity index (χ1) is 6.75. The third kappa shape index (κ3) is 1.97. The average Bonchev–Trinajstić information content (AvgIpc) is 2.19. The van der Waals surface area contributed by atoms with Crippen molar-refractivity contribution in [3.05, 3.63) is 59.1 Å². The molecular formula is C13H10Cl. The van der Waals surface area contributed by atoms with Gasteiger partial charge in [0.1, 0.15) is 0 Å². The summed E-state index contributed by atoms with van der Waals surface area (Å²) in [5.41, 5.74) is 3.54. The fourth-order valence-corrected chi connectivity index (χ4v) is 1.53. The van der Waals surface area contributed by atoms with E-state index in [1.54, 1.807) is 0 Å². The quantitative estimate of drug-likeness (QED) is 0.651. The molecule has 2 aromatic carbocycles. The lowest BCUT2D eigenvalue weighted by molar-refractivity contribution is 1.45. The number of hydrogen-bond donors (Lipinski definition) is 0. The zero-order valence-electron chi connectivity index (χ0n) is 7.92. The summed E-state index contributed by atoms with van der Waals surface area (Å²) in [7, 11) is 0. The van der Waals surface area contributed by atoms with Crippen LogP contribution in [0, 0.1) is 13.0 Å². The van der Waals surface area contributed by atoms with Crippen LogP contribution in [0.3, 0.4) is 0 Å². The fraction of sp³-hybridized carbons (Fsp3) is 0.0769. The molecule has 2 aromatic rings. The van der Waals surface area contributed by atoms with E-state index in [4.69, 9.17) is 11.6 Å². The second-order valence-corrected chi connectivity index (χ2v) is 3.70. The summed E-state index contributed by atoms with van der Waals surface area (Å²) in [4.78, 5) is 0. The van der Waals surface area contributed by atoms with Gasteiger partial charge in [-0.2, -0.15) is 0 Å². The van der Waals surface area contributed by atoms with E-state index in [1.165, 1.54) is 11.1 Å². The SMILES string of the molecule is Cc1[c]ccc(-c2ccc(Cl)cc2)c1. The Labute approximate surface area is 89.2 Å². The predicted octanol–water partition coefficient (Wildman–Crippen LogP) is 4.12. The number of aryl methyl sites for hydroxylation is 1. The Balaban J connectivity index is 2.44. The normalized spacial score (nSPS) is 10.1. The molecule has 0 heterocycles. The van der Waals surface area contributed by atoms with Crippen molar-refractivity contribution >= 4 is 11.6 Å². The van der Waals surface area contributed by atoms with Crippen LogP contribution < -0.4 is 0 Å². The number of hydrogen-bond acceptors (Lipinski definition) is 0. The van der Waals surface area contributed by atoms with E-state index < -0.39 is 0 Å². The maximum absolute atomic E-state index is 5.82. The molecule has 0 fully saturated rings. The molecule has 0 aromatic heterocycles. The third-order valence-corrected chi connectivity index (χ3v) is 2.38. The Bertz CT molecular complexity index is 429. The second kappa shape index (κ2) is 3.85. The van der Waals surface area contributed by atoms with Crippen LogP contribution in [0.25, 0.3) is 11.1 Å². The minimum absolute atomic E-state index is 0.771. The standard InChI is InChI=1S/C13H10Cl/c1-10-3-2-4-12(9-10)11-5-7-13(14)8-6-11/h2,4-9H,1H3. The highest BCUT2D eigenvalue weighted by Crippen LogP contribution is 2.21. The molecule has 0 nitrogen and oxygen atoms in total. The van der Waals surface area contributed by atoms with Crippen molar-refractivity contribution in [2.24, 2.45) is 0 Å². The molecule has 0 N–H and O–H groups in total. The summed E-state index contributed by atoms with van der Waals surface area (Å²) >= 11 is 5.82. The van der Waals surface area contributed by atoms with Crippen LogP contribution in [0.5, 0.6) is 0 Å². The van der Waals surface area contributed by atoms with Crippen LogP contribution in [0.1, 0.15) is 5.56 Å². The molecule has 14 heavy (non-hydrogen) atoms. The van der Waals surface area contributed by atoms with Crippen LogP contribution >= 0.6 is 11.6 Å². The van der Waals surface area contributed by atoms with E-state index in [0.29, 0.717) is 0 Å². The van der Waals surface area contributed by atoms with Gasteiger partial charge < -0.3 is 0 Å². The van der Waals surface area contributed by atoms with Crippen molar-refractivity contribution in [2.75, 3.05) is 0 Å². The molecule has 0 atom stereocenters. The van der Waals surface area contributed by atoms with Crippen molar-refractivity contribution in [1.82, 2.24) is 0 Å². The van der Waals surface area contributed by atoms with Gasteiger partial charge >= 0.3 is 0 Å². The lowest BCUT2D eigenvalue weighted by atomic mass is 10.0. The van der Waals surface area contributed by atoms with Crippen molar-refractivity contribution < 1.29 is 0 Å². The maximum Gasteiger partial charge on any atom is 0.0406 e. The van der Waals surface area contributed by atoms with Crippen molar-refractivity contribution in [1.29, 1.82) is 0 Å². The number of benzene rings is 2. The summed E-state index contributed by atoms with van der Waals surface area (Å²) in [6.07, 6.45) is 0. The molecule has 2 rings (SSSR count). The van der Waals surface area contributed by atoms with E-state index in [1.807, 2.05) is 37.3 Å². The summed E-state index contributed by atoms with van der Waals surface area (Å²) in [5, 5.41) is 0.771. The Morgan fingerprint density at radius 3 is 2.36 bits per heavy atom.